The predicted octanol–water partition coefficient (Wildman–Crippen LogP) is 6.64. The van der Waals surface area contributed by atoms with Gasteiger partial charge >= 0.3 is 12.1 Å². The van der Waals surface area contributed by atoms with E-state index < -0.39 is 29.5 Å². The Bertz CT molecular complexity index is 1430. The van der Waals surface area contributed by atoms with E-state index in [1.54, 1.807) is 30.3 Å². The Morgan fingerprint density at radius 1 is 1.05 bits per heavy atom. The highest BCUT2D eigenvalue weighted by Gasteiger charge is 2.36. The lowest BCUT2D eigenvalue weighted by Crippen LogP contribution is -2.20. The molecule has 0 radical (unpaired) electrons. The van der Waals surface area contributed by atoms with Crippen molar-refractivity contribution < 1.29 is 37.3 Å². The van der Waals surface area contributed by atoms with Gasteiger partial charge in [0, 0.05) is 17.7 Å². The second-order valence-corrected chi connectivity index (χ2v) is 9.51. The van der Waals surface area contributed by atoms with Crippen LogP contribution in [-0.4, -0.2) is 17.9 Å². The molecule has 2 aliphatic rings. The van der Waals surface area contributed by atoms with E-state index in [1.807, 2.05) is 24.3 Å². The van der Waals surface area contributed by atoms with Crippen molar-refractivity contribution in [2.24, 2.45) is 11.7 Å². The van der Waals surface area contributed by atoms with Crippen LogP contribution in [0.2, 0.25) is 0 Å². The summed E-state index contributed by atoms with van der Waals surface area (Å²) in [5.41, 5.74) is 8.11. The first-order valence-electron chi connectivity index (χ1n) is 12.4. The van der Waals surface area contributed by atoms with Gasteiger partial charge in [0.1, 0.15) is 11.5 Å². The number of phenolic OH excluding ortho intramolecular Hbond substituents is 1. The molecule has 2 unspecified atom stereocenters. The molecule has 39 heavy (non-hydrogen) atoms. The van der Waals surface area contributed by atoms with E-state index >= 15 is 0 Å². The third-order valence-corrected chi connectivity index (χ3v) is 6.88. The smallest absolute Gasteiger partial charge is 0.419 e. The number of hydrogen-bond acceptors (Lipinski definition) is 6. The van der Waals surface area contributed by atoms with Crippen LogP contribution >= 0.6 is 0 Å². The first-order valence-corrected chi connectivity index (χ1v) is 12.4. The molecule has 3 aromatic carbocycles. The van der Waals surface area contributed by atoms with Crippen LogP contribution in [0.5, 0.6) is 23.0 Å². The monoisotopic (exact) mass is 537 g/mol. The number of para-hydroxylation sites is 1. The van der Waals surface area contributed by atoms with Crippen molar-refractivity contribution in [3.05, 3.63) is 94.6 Å². The lowest BCUT2D eigenvalue weighted by atomic mass is 9.90. The van der Waals surface area contributed by atoms with Crippen LogP contribution in [-0.2, 0) is 11.0 Å². The van der Waals surface area contributed by atoms with Crippen molar-refractivity contribution >= 4 is 18.1 Å². The van der Waals surface area contributed by atoms with E-state index in [2.05, 4.69) is 0 Å². The molecule has 9 heteroatoms. The summed E-state index contributed by atoms with van der Waals surface area (Å²) in [6, 6.07) is 15.2. The predicted molar refractivity (Wildman–Crippen MR) is 139 cm³/mol. The number of rotatable bonds is 6. The standard InChI is InChI=1S/C30H26F3NO5/c31-30(32,33)24-3-1-2-23(29(24)36)28(34)21-9-4-20(15-21)14-18-5-10-22(11-6-18)39-27(35)13-8-19-7-12-25-26(16-19)38-17-37-25/h1-3,5-8,10-14,16,21,28,36H,4,9,15,17,34H2/b13-8+,20-14+. The van der Waals surface area contributed by atoms with Crippen LogP contribution in [0, 0.1) is 5.92 Å². The van der Waals surface area contributed by atoms with Crippen molar-refractivity contribution in [1.29, 1.82) is 0 Å². The number of halogens is 3. The van der Waals surface area contributed by atoms with Crippen molar-refractivity contribution in [1.82, 2.24) is 0 Å². The van der Waals surface area contributed by atoms with E-state index in [9.17, 15) is 23.1 Å². The number of allylic oxidation sites excluding steroid dienone is 1. The minimum absolute atomic E-state index is 0.0950. The number of ether oxygens (including phenoxy) is 3. The lowest BCUT2D eigenvalue weighted by Gasteiger charge is -2.22. The van der Waals surface area contributed by atoms with Crippen molar-refractivity contribution in [3.63, 3.8) is 0 Å². The van der Waals surface area contributed by atoms with Gasteiger partial charge in [0.25, 0.3) is 0 Å². The molecule has 202 valence electrons. The maximum atomic E-state index is 13.2. The number of nitrogens with two attached hydrogens (primary N) is 1. The molecule has 1 aliphatic carbocycles. The number of hydrogen-bond donors (Lipinski definition) is 2. The molecule has 5 rings (SSSR count). The highest BCUT2D eigenvalue weighted by molar-refractivity contribution is 5.88. The summed E-state index contributed by atoms with van der Waals surface area (Å²) in [5.74, 6) is 0.261. The molecule has 3 aromatic rings. The van der Waals surface area contributed by atoms with Gasteiger partial charge in [-0.15, -0.1) is 0 Å². The molecule has 3 N–H and O–H groups in total. The number of alkyl halides is 3. The van der Waals surface area contributed by atoms with E-state index in [1.165, 1.54) is 18.2 Å². The molecule has 2 atom stereocenters. The van der Waals surface area contributed by atoms with Crippen molar-refractivity contribution in [2.75, 3.05) is 6.79 Å². The van der Waals surface area contributed by atoms with Gasteiger partial charge in [0.15, 0.2) is 11.5 Å². The number of esters is 1. The summed E-state index contributed by atoms with van der Waals surface area (Å²) in [5, 5.41) is 10.2. The maximum absolute atomic E-state index is 13.2. The fourth-order valence-electron chi connectivity index (χ4n) is 4.86. The average molecular weight is 538 g/mol. The topological polar surface area (TPSA) is 91.0 Å². The molecule has 0 bridgehead atoms. The minimum atomic E-state index is -4.65. The van der Waals surface area contributed by atoms with Gasteiger partial charge in [-0.3, -0.25) is 0 Å². The molecular formula is C30H26F3NO5. The van der Waals surface area contributed by atoms with E-state index in [4.69, 9.17) is 19.9 Å². The summed E-state index contributed by atoms with van der Waals surface area (Å²) in [7, 11) is 0. The molecule has 0 aromatic heterocycles. The van der Waals surface area contributed by atoms with Gasteiger partial charge in [-0.05, 0) is 72.7 Å². The zero-order valence-corrected chi connectivity index (χ0v) is 20.8. The third-order valence-electron chi connectivity index (χ3n) is 6.88. The highest BCUT2D eigenvalue weighted by atomic mass is 19.4. The van der Waals surface area contributed by atoms with Crippen LogP contribution in [0.4, 0.5) is 13.2 Å². The molecule has 0 saturated heterocycles. The number of phenols is 1. The molecule has 1 fully saturated rings. The third kappa shape index (κ3) is 6.09. The molecule has 1 heterocycles. The number of carbonyl (C=O) groups excluding carboxylic acids is 1. The summed E-state index contributed by atoms with van der Waals surface area (Å²) < 4.78 is 55.5. The van der Waals surface area contributed by atoms with Crippen LogP contribution < -0.4 is 19.9 Å². The largest absolute Gasteiger partial charge is 0.507 e. The molecule has 0 spiro atoms. The Labute approximate surface area is 223 Å². The summed E-state index contributed by atoms with van der Waals surface area (Å²) in [6.45, 7) is 0.176. The first kappa shape index (κ1) is 26.4. The lowest BCUT2D eigenvalue weighted by molar-refractivity contribution is -0.138. The fraction of sp³-hybridized carbons (Fsp3) is 0.233. The Morgan fingerprint density at radius 2 is 1.79 bits per heavy atom. The molecule has 6 nitrogen and oxygen atoms in total. The molecule has 1 aliphatic heterocycles. The number of aromatic hydroxyl groups is 1. The Hall–Kier alpha value is -4.24. The Balaban J connectivity index is 1.18. The summed E-state index contributed by atoms with van der Waals surface area (Å²) in [6.07, 6.45) is 2.38. The number of fused-ring (bicyclic) bond motifs is 1. The molecular weight excluding hydrogens is 511 g/mol. The van der Waals surface area contributed by atoms with Gasteiger partial charge in [-0.2, -0.15) is 13.2 Å². The van der Waals surface area contributed by atoms with Gasteiger partial charge in [0.05, 0.1) is 5.56 Å². The molecule has 0 amide bonds. The SMILES string of the molecule is NC(c1cccc(C(F)(F)F)c1O)C1CC/C(=C\c2ccc(OC(=O)/C=C/c3ccc4c(c3)OCO4)cc2)C1. The van der Waals surface area contributed by atoms with Gasteiger partial charge < -0.3 is 25.1 Å². The van der Waals surface area contributed by atoms with Crippen LogP contribution in [0.15, 0.2) is 72.3 Å². The Morgan fingerprint density at radius 3 is 2.56 bits per heavy atom. The first-order chi connectivity index (χ1) is 18.7. The van der Waals surface area contributed by atoms with Gasteiger partial charge in [-0.25, -0.2) is 4.79 Å². The van der Waals surface area contributed by atoms with Gasteiger partial charge in [0.2, 0.25) is 6.79 Å². The normalized spacial score (nSPS) is 18.6. The van der Waals surface area contributed by atoms with Crippen LogP contribution in [0.3, 0.4) is 0 Å². The van der Waals surface area contributed by atoms with Gasteiger partial charge in [-0.1, -0.05) is 42.0 Å². The van der Waals surface area contributed by atoms with E-state index in [0.29, 0.717) is 30.1 Å². The average Bonchev–Trinajstić information content (AvgIpc) is 3.57. The maximum Gasteiger partial charge on any atom is 0.419 e. The van der Waals surface area contributed by atoms with Crippen LogP contribution in [0.1, 0.15) is 47.6 Å². The summed E-state index contributed by atoms with van der Waals surface area (Å²) >= 11 is 0. The van der Waals surface area contributed by atoms with E-state index in [-0.39, 0.29) is 18.3 Å². The Kier molecular flexibility index (Phi) is 7.34. The second kappa shape index (κ2) is 10.9. The van der Waals surface area contributed by atoms with Crippen LogP contribution in [0.25, 0.3) is 12.2 Å². The minimum Gasteiger partial charge on any atom is -0.507 e. The fourth-order valence-corrected chi connectivity index (χ4v) is 4.86. The number of carbonyl (C=O) groups is 1. The zero-order valence-electron chi connectivity index (χ0n) is 20.8. The highest BCUT2D eigenvalue weighted by Crippen LogP contribution is 2.44. The van der Waals surface area contributed by atoms with Crippen molar-refractivity contribution in [2.45, 2.75) is 31.5 Å². The quantitative estimate of drug-likeness (QED) is 0.208. The number of benzene rings is 3. The van der Waals surface area contributed by atoms with E-state index in [0.717, 1.165) is 29.2 Å². The van der Waals surface area contributed by atoms with Crippen molar-refractivity contribution in [3.8, 4) is 23.0 Å². The zero-order chi connectivity index (χ0) is 27.6. The molecule has 1 saturated carbocycles. The summed E-state index contributed by atoms with van der Waals surface area (Å²) in [4.78, 5) is 12.2. The second-order valence-electron chi connectivity index (χ2n) is 9.51.